The number of nitrogens with one attached hydrogen (secondary N) is 1. The van der Waals surface area contributed by atoms with E-state index >= 15 is 0 Å². The number of hydrogen-bond acceptors (Lipinski definition) is 3. The molecule has 0 saturated carbocycles. The van der Waals surface area contributed by atoms with Crippen molar-refractivity contribution >= 4 is 0 Å². The number of piperazine rings is 1. The van der Waals surface area contributed by atoms with Crippen molar-refractivity contribution < 1.29 is 4.42 Å². The van der Waals surface area contributed by atoms with Gasteiger partial charge >= 0.3 is 0 Å². The summed E-state index contributed by atoms with van der Waals surface area (Å²) >= 11 is 0. The highest BCUT2D eigenvalue weighted by molar-refractivity contribution is 5.14. The average molecular weight is 206 g/mol. The molecule has 3 nitrogen and oxygen atoms in total. The Morgan fingerprint density at radius 3 is 2.73 bits per heavy atom. The molecule has 1 fully saturated rings. The first kappa shape index (κ1) is 10.5. The van der Waals surface area contributed by atoms with Crippen LogP contribution < -0.4 is 5.32 Å². The highest BCUT2D eigenvalue weighted by Gasteiger charge is 2.21. The number of hydrogen-bond donors (Lipinski definition) is 1. The van der Waals surface area contributed by atoms with E-state index in [0.717, 1.165) is 37.7 Å². The summed E-state index contributed by atoms with van der Waals surface area (Å²) in [6.07, 6.45) is 1.96. The van der Waals surface area contributed by atoms with Crippen molar-refractivity contribution in [3.63, 3.8) is 0 Å². The van der Waals surface area contributed by atoms with E-state index in [0.29, 0.717) is 0 Å². The van der Waals surface area contributed by atoms with Gasteiger partial charge < -0.3 is 9.73 Å². The van der Waals surface area contributed by atoms with E-state index < -0.39 is 0 Å². The predicted molar refractivity (Wildman–Crippen MR) is 60.8 cm³/mol. The minimum atomic E-state index is 0.223. The Morgan fingerprint density at radius 1 is 1.47 bits per heavy atom. The molecule has 1 aliphatic heterocycles. The number of rotatable bonds is 3. The standard InChI is InChI=1S/C12H18N2O/c1-3-11(12-5-4-10(2)15-12)14-8-6-13-7-9-14/h3-5,11,13H,1,6-9H2,2H3/t11-/m1/s1. The van der Waals surface area contributed by atoms with Crippen LogP contribution in [0.1, 0.15) is 17.6 Å². The zero-order valence-electron chi connectivity index (χ0n) is 9.20. The number of furan rings is 1. The molecule has 1 saturated heterocycles. The van der Waals surface area contributed by atoms with Gasteiger partial charge in [-0.05, 0) is 19.1 Å². The minimum Gasteiger partial charge on any atom is -0.464 e. The van der Waals surface area contributed by atoms with Crippen LogP contribution in [-0.2, 0) is 0 Å². The Morgan fingerprint density at radius 2 is 2.20 bits per heavy atom. The van der Waals surface area contributed by atoms with Gasteiger partial charge in [0.1, 0.15) is 11.5 Å². The molecule has 0 aliphatic carbocycles. The fourth-order valence-corrected chi connectivity index (χ4v) is 2.02. The summed E-state index contributed by atoms with van der Waals surface area (Å²) in [6.45, 7) is 10.1. The lowest BCUT2D eigenvalue weighted by Crippen LogP contribution is -2.44. The third-order valence-electron chi connectivity index (χ3n) is 2.82. The molecule has 0 bridgehead atoms. The van der Waals surface area contributed by atoms with Crippen LogP contribution in [0.3, 0.4) is 0 Å². The van der Waals surface area contributed by atoms with Crippen LogP contribution in [0.15, 0.2) is 29.2 Å². The van der Waals surface area contributed by atoms with Gasteiger partial charge in [-0.1, -0.05) is 6.08 Å². The van der Waals surface area contributed by atoms with Crippen molar-refractivity contribution in [3.05, 3.63) is 36.3 Å². The lowest BCUT2D eigenvalue weighted by atomic mass is 10.1. The second-order valence-corrected chi connectivity index (χ2v) is 3.91. The van der Waals surface area contributed by atoms with Crippen molar-refractivity contribution in [2.24, 2.45) is 0 Å². The van der Waals surface area contributed by atoms with E-state index in [9.17, 15) is 0 Å². The average Bonchev–Trinajstić information content (AvgIpc) is 2.68. The van der Waals surface area contributed by atoms with E-state index in [1.807, 2.05) is 25.1 Å². The van der Waals surface area contributed by atoms with Gasteiger partial charge in [0.15, 0.2) is 0 Å². The van der Waals surface area contributed by atoms with Gasteiger partial charge in [0, 0.05) is 26.2 Å². The molecule has 0 amide bonds. The summed E-state index contributed by atoms with van der Waals surface area (Å²) in [7, 11) is 0. The summed E-state index contributed by atoms with van der Waals surface area (Å²) < 4.78 is 5.66. The largest absolute Gasteiger partial charge is 0.464 e. The van der Waals surface area contributed by atoms with Crippen LogP contribution in [0.5, 0.6) is 0 Å². The SMILES string of the molecule is C=C[C@H](c1ccc(C)o1)N1CCNCC1. The zero-order valence-corrected chi connectivity index (χ0v) is 9.20. The van der Waals surface area contributed by atoms with Crippen molar-refractivity contribution in [3.8, 4) is 0 Å². The highest BCUT2D eigenvalue weighted by Crippen LogP contribution is 2.23. The van der Waals surface area contributed by atoms with E-state index in [2.05, 4.69) is 16.8 Å². The molecular formula is C12H18N2O. The summed E-state index contributed by atoms with van der Waals surface area (Å²) in [5.74, 6) is 1.97. The quantitative estimate of drug-likeness (QED) is 0.763. The molecule has 82 valence electrons. The summed E-state index contributed by atoms with van der Waals surface area (Å²) in [5, 5.41) is 3.34. The smallest absolute Gasteiger partial charge is 0.125 e. The fourth-order valence-electron chi connectivity index (χ4n) is 2.02. The number of nitrogens with zero attached hydrogens (tertiary/aromatic N) is 1. The Balaban J connectivity index is 2.12. The Bertz CT molecular complexity index is 326. The molecule has 1 N–H and O–H groups in total. The Hall–Kier alpha value is -1.06. The molecular weight excluding hydrogens is 188 g/mol. The molecule has 2 heterocycles. The molecule has 0 unspecified atom stereocenters. The summed E-state index contributed by atoms with van der Waals surface area (Å²) in [6, 6.07) is 4.28. The van der Waals surface area contributed by atoms with Gasteiger partial charge in [-0.2, -0.15) is 0 Å². The van der Waals surface area contributed by atoms with Gasteiger partial charge in [-0.15, -0.1) is 6.58 Å². The van der Waals surface area contributed by atoms with Crippen LogP contribution >= 0.6 is 0 Å². The van der Waals surface area contributed by atoms with Crippen LogP contribution in [0, 0.1) is 6.92 Å². The van der Waals surface area contributed by atoms with E-state index in [4.69, 9.17) is 4.42 Å². The van der Waals surface area contributed by atoms with Gasteiger partial charge in [0.05, 0.1) is 6.04 Å². The van der Waals surface area contributed by atoms with Crippen molar-refractivity contribution in [1.82, 2.24) is 10.2 Å². The molecule has 0 radical (unpaired) electrons. The predicted octanol–water partition coefficient (Wildman–Crippen LogP) is 1.72. The van der Waals surface area contributed by atoms with Crippen LogP contribution in [0.2, 0.25) is 0 Å². The Labute approximate surface area is 90.8 Å². The maximum Gasteiger partial charge on any atom is 0.125 e. The molecule has 0 aromatic carbocycles. The molecule has 1 aliphatic rings. The van der Waals surface area contributed by atoms with Crippen molar-refractivity contribution in [2.45, 2.75) is 13.0 Å². The first-order valence-electron chi connectivity index (χ1n) is 5.45. The topological polar surface area (TPSA) is 28.4 Å². The summed E-state index contributed by atoms with van der Waals surface area (Å²) in [4.78, 5) is 2.39. The normalized spacial score (nSPS) is 20.1. The molecule has 2 rings (SSSR count). The maximum absolute atomic E-state index is 5.66. The first-order valence-corrected chi connectivity index (χ1v) is 5.45. The van der Waals surface area contributed by atoms with Crippen molar-refractivity contribution in [2.75, 3.05) is 26.2 Å². The highest BCUT2D eigenvalue weighted by atomic mass is 16.3. The molecule has 0 spiro atoms. The first-order chi connectivity index (χ1) is 7.31. The monoisotopic (exact) mass is 206 g/mol. The van der Waals surface area contributed by atoms with Crippen molar-refractivity contribution in [1.29, 1.82) is 0 Å². The van der Waals surface area contributed by atoms with Gasteiger partial charge in [0.2, 0.25) is 0 Å². The summed E-state index contributed by atoms with van der Waals surface area (Å²) in [5.41, 5.74) is 0. The van der Waals surface area contributed by atoms with Crippen LogP contribution in [0.4, 0.5) is 0 Å². The van der Waals surface area contributed by atoms with E-state index in [1.54, 1.807) is 0 Å². The minimum absolute atomic E-state index is 0.223. The third-order valence-corrected chi connectivity index (χ3v) is 2.82. The van der Waals surface area contributed by atoms with E-state index in [1.165, 1.54) is 0 Å². The lowest BCUT2D eigenvalue weighted by Gasteiger charge is -2.31. The second-order valence-electron chi connectivity index (χ2n) is 3.91. The van der Waals surface area contributed by atoms with Crippen LogP contribution in [0.25, 0.3) is 0 Å². The third kappa shape index (κ3) is 2.30. The molecule has 1 atom stereocenters. The maximum atomic E-state index is 5.66. The molecule has 1 aromatic heterocycles. The lowest BCUT2D eigenvalue weighted by molar-refractivity contribution is 0.184. The molecule has 15 heavy (non-hydrogen) atoms. The molecule has 3 heteroatoms. The van der Waals surface area contributed by atoms with Gasteiger partial charge in [-0.25, -0.2) is 0 Å². The molecule has 1 aromatic rings. The second kappa shape index (κ2) is 4.64. The number of aryl methyl sites for hydroxylation is 1. The van der Waals surface area contributed by atoms with Gasteiger partial charge in [0.25, 0.3) is 0 Å². The van der Waals surface area contributed by atoms with Gasteiger partial charge in [-0.3, -0.25) is 4.90 Å². The van der Waals surface area contributed by atoms with Crippen LogP contribution in [-0.4, -0.2) is 31.1 Å². The fraction of sp³-hybridized carbons (Fsp3) is 0.500. The Kier molecular flexibility index (Phi) is 3.23. The zero-order chi connectivity index (χ0) is 10.7. The van der Waals surface area contributed by atoms with E-state index in [-0.39, 0.29) is 6.04 Å².